The van der Waals surface area contributed by atoms with E-state index in [1.165, 1.54) is 0 Å². The van der Waals surface area contributed by atoms with Crippen LogP contribution >= 0.6 is 11.6 Å². The smallest absolute Gasteiger partial charge is 0.319 e. The Morgan fingerprint density at radius 3 is 2.79 bits per heavy atom. The first-order valence-electron chi connectivity index (χ1n) is 7.27. The third-order valence-electron chi connectivity index (χ3n) is 3.37. The van der Waals surface area contributed by atoms with Crippen LogP contribution in [0.2, 0.25) is 5.02 Å². The van der Waals surface area contributed by atoms with Gasteiger partial charge in [-0.3, -0.25) is 0 Å². The summed E-state index contributed by atoms with van der Waals surface area (Å²) in [4.78, 5) is 12.0. The fourth-order valence-electron chi connectivity index (χ4n) is 2.18. The minimum atomic E-state index is -0.319. The maximum absolute atomic E-state index is 12.0. The Kier molecular flexibility index (Phi) is 4.72. The van der Waals surface area contributed by atoms with Crippen molar-refractivity contribution in [2.24, 2.45) is 0 Å². The average molecular weight is 343 g/mol. The van der Waals surface area contributed by atoms with Crippen LogP contribution in [0.1, 0.15) is 11.4 Å². The summed E-state index contributed by atoms with van der Waals surface area (Å²) in [5.41, 5.74) is 2.26. The van der Waals surface area contributed by atoms with Crippen molar-refractivity contribution in [3.05, 3.63) is 64.9 Å². The van der Waals surface area contributed by atoms with Gasteiger partial charge in [-0.25, -0.2) is 4.79 Å². The average Bonchev–Trinajstić information content (AvgIpc) is 3.00. The third-order valence-corrected chi connectivity index (χ3v) is 3.74. The Morgan fingerprint density at radius 1 is 1.21 bits per heavy atom. The van der Waals surface area contributed by atoms with Gasteiger partial charge in [0.05, 0.1) is 5.69 Å². The second-order valence-electron chi connectivity index (χ2n) is 5.09. The number of aryl methyl sites for hydroxylation is 1. The molecule has 3 rings (SSSR count). The van der Waals surface area contributed by atoms with Gasteiger partial charge in [0.25, 0.3) is 0 Å². The molecule has 0 saturated heterocycles. The molecule has 0 aliphatic carbocycles. The van der Waals surface area contributed by atoms with Gasteiger partial charge in [0, 0.05) is 17.3 Å². The molecule has 0 radical (unpaired) electrons. The number of halogens is 1. The fourth-order valence-corrected chi connectivity index (χ4v) is 2.38. The number of carbonyl (C=O) groups is 1. The van der Waals surface area contributed by atoms with E-state index in [0.29, 0.717) is 23.1 Å². The number of nitrogens with one attached hydrogen (secondary N) is 2. The van der Waals surface area contributed by atoms with Gasteiger partial charge >= 0.3 is 6.03 Å². The standard InChI is InChI=1S/C16H15ClN6O/c1-11-20-21-22-23(11)14-7-4-6-13(9-14)19-16(24)18-10-12-5-2-3-8-15(12)17/h2-9H,10H2,1H3,(H2,18,19,24). The van der Waals surface area contributed by atoms with E-state index in [4.69, 9.17) is 11.6 Å². The fraction of sp³-hybridized carbons (Fsp3) is 0.125. The molecule has 0 fully saturated rings. The molecule has 0 bridgehead atoms. The zero-order valence-corrected chi connectivity index (χ0v) is 13.7. The Hall–Kier alpha value is -2.93. The molecule has 2 aromatic carbocycles. The Labute approximate surface area is 143 Å². The van der Waals surface area contributed by atoms with E-state index in [-0.39, 0.29) is 6.03 Å². The topological polar surface area (TPSA) is 84.7 Å². The molecule has 0 aliphatic heterocycles. The van der Waals surface area contributed by atoms with E-state index >= 15 is 0 Å². The van der Waals surface area contributed by atoms with Crippen molar-refractivity contribution < 1.29 is 4.79 Å². The number of benzene rings is 2. The Morgan fingerprint density at radius 2 is 2.04 bits per heavy atom. The summed E-state index contributed by atoms with van der Waals surface area (Å²) in [7, 11) is 0. The molecule has 122 valence electrons. The molecule has 24 heavy (non-hydrogen) atoms. The van der Waals surface area contributed by atoms with Gasteiger partial charge in [-0.2, -0.15) is 4.68 Å². The third kappa shape index (κ3) is 3.69. The highest BCUT2D eigenvalue weighted by atomic mass is 35.5. The lowest BCUT2D eigenvalue weighted by molar-refractivity contribution is 0.252. The lowest BCUT2D eigenvalue weighted by atomic mass is 10.2. The van der Waals surface area contributed by atoms with Crippen LogP contribution in [-0.4, -0.2) is 26.2 Å². The van der Waals surface area contributed by atoms with Crippen LogP contribution in [0.5, 0.6) is 0 Å². The number of rotatable bonds is 4. The van der Waals surface area contributed by atoms with Crippen molar-refractivity contribution >= 4 is 23.3 Å². The van der Waals surface area contributed by atoms with E-state index in [1.54, 1.807) is 29.8 Å². The summed E-state index contributed by atoms with van der Waals surface area (Å²) >= 11 is 6.07. The summed E-state index contributed by atoms with van der Waals surface area (Å²) in [6.07, 6.45) is 0. The van der Waals surface area contributed by atoms with Crippen LogP contribution in [0.4, 0.5) is 10.5 Å². The van der Waals surface area contributed by atoms with Crippen molar-refractivity contribution in [1.29, 1.82) is 0 Å². The van der Waals surface area contributed by atoms with Gasteiger partial charge < -0.3 is 10.6 Å². The quantitative estimate of drug-likeness (QED) is 0.763. The van der Waals surface area contributed by atoms with E-state index in [9.17, 15) is 4.79 Å². The number of aromatic nitrogens is 4. The summed E-state index contributed by atoms with van der Waals surface area (Å²) in [5, 5.41) is 17.5. The second-order valence-corrected chi connectivity index (χ2v) is 5.49. The number of carbonyl (C=O) groups excluding carboxylic acids is 1. The molecule has 1 aromatic heterocycles. The Bertz CT molecular complexity index is 863. The number of hydrogen-bond donors (Lipinski definition) is 2. The largest absolute Gasteiger partial charge is 0.334 e. The minimum absolute atomic E-state index is 0.319. The number of urea groups is 1. The van der Waals surface area contributed by atoms with Crippen molar-refractivity contribution in [2.45, 2.75) is 13.5 Å². The summed E-state index contributed by atoms with van der Waals surface area (Å²) in [6.45, 7) is 2.15. The van der Waals surface area contributed by atoms with Crippen LogP contribution < -0.4 is 10.6 Å². The molecule has 2 amide bonds. The molecule has 2 N–H and O–H groups in total. The van der Waals surface area contributed by atoms with Gasteiger partial charge in [0.15, 0.2) is 5.82 Å². The van der Waals surface area contributed by atoms with Gasteiger partial charge in [-0.15, -0.1) is 5.10 Å². The molecule has 0 atom stereocenters. The predicted octanol–water partition coefficient (Wildman–Crippen LogP) is 2.95. The first-order valence-corrected chi connectivity index (χ1v) is 7.65. The van der Waals surface area contributed by atoms with Crippen LogP contribution in [0.25, 0.3) is 5.69 Å². The molecule has 0 spiro atoms. The first kappa shape index (κ1) is 15.9. The van der Waals surface area contributed by atoms with Crippen LogP contribution in [-0.2, 0) is 6.54 Å². The van der Waals surface area contributed by atoms with E-state index < -0.39 is 0 Å². The molecule has 3 aromatic rings. The maximum atomic E-state index is 12.0. The highest BCUT2D eigenvalue weighted by molar-refractivity contribution is 6.31. The zero-order chi connectivity index (χ0) is 16.9. The van der Waals surface area contributed by atoms with Crippen molar-refractivity contribution in [1.82, 2.24) is 25.5 Å². The number of hydrogen-bond acceptors (Lipinski definition) is 4. The van der Waals surface area contributed by atoms with Crippen LogP contribution in [0.3, 0.4) is 0 Å². The second kappa shape index (κ2) is 7.10. The van der Waals surface area contributed by atoms with E-state index in [0.717, 1.165) is 11.3 Å². The lowest BCUT2D eigenvalue weighted by Crippen LogP contribution is -2.28. The maximum Gasteiger partial charge on any atom is 0.319 e. The highest BCUT2D eigenvalue weighted by Gasteiger charge is 2.07. The molecule has 0 unspecified atom stereocenters. The van der Waals surface area contributed by atoms with Crippen LogP contribution in [0.15, 0.2) is 48.5 Å². The zero-order valence-electron chi connectivity index (χ0n) is 12.9. The van der Waals surface area contributed by atoms with E-state index in [1.807, 2.05) is 30.3 Å². The number of nitrogens with zero attached hydrogens (tertiary/aromatic N) is 4. The molecular formula is C16H15ClN6O. The van der Waals surface area contributed by atoms with Gasteiger partial charge in [-0.05, 0) is 47.2 Å². The van der Waals surface area contributed by atoms with Gasteiger partial charge in [0.2, 0.25) is 0 Å². The molecule has 7 nitrogen and oxygen atoms in total. The van der Waals surface area contributed by atoms with Gasteiger partial charge in [-0.1, -0.05) is 35.9 Å². The summed E-state index contributed by atoms with van der Waals surface area (Å²) in [6, 6.07) is 14.3. The lowest BCUT2D eigenvalue weighted by Gasteiger charge is -2.10. The number of anilines is 1. The summed E-state index contributed by atoms with van der Waals surface area (Å²) < 4.78 is 1.59. The first-order chi connectivity index (χ1) is 11.6. The predicted molar refractivity (Wildman–Crippen MR) is 91.2 cm³/mol. The summed E-state index contributed by atoms with van der Waals surface area (Å²) in [5.74, 6) is 0.662. The number of amides is 2. The van der Waals surface area contributed by atoms with E-state index in [2.05, 4.69) is 26.2 Å². The van der Waals surface area contributed by atoms with Gasteiger partial charge in [0.1, 0.15) is 0 Å². The molecular weight excluding hydrogens is 328 g/mol. The molecule has 0 saturated carbocycles. The highest BCUT2D eigenvalue weighted by Crippen LogP contribution is 2.16. The SMILES string of the molecule is Cc1nnnn1-c1cccc(NC(=O)NCc2ccccc2Cl)c1. The van der Waals surface area contributed by atoms with Crippen molar-refractivity contribution in [3.8, 4) is 5.69 Å². The monoisotopic (exact) mass is 342 g/mol. The Balaban J connectivity index is 1.65. The molecule has 8 heteroatoms. The van der Waals surface area contributed by atoms with Crippen molar-refractivity contribution in [2.75, 3.05) is 5.32 Å². The number of tetrazole rings is 1. The minimum Gasteiger partial charge on any atom is -0.334 e. The van der Waals surface area contributed by atoms with Crippen LogP contribution in [0, 0.1) is 6.92 Å². The molecule has 0 aliphatic rings. The molecule has 1 heterocycles. The van der Waals surface area contributed by atoms with Crippen molar-refractivity contribution in [3.63, 3.8) is 0 Å². The normalized spacial score (nSPS) is 10.4.